The third-order valence-electron chi connectivity index (χ3n) is 2.73. The molecule has 1 aromatic heterocycles. The Balaban J connectivity index is 2.02. The number of aromatic nitrogens is 1. The van der Waals surface area contributed by atoms with Crippen molar-refractivity contribution in [2.45, 2.75) is 32.6 Å². The van der Waals surface area contributed by atoms with Crippen LogP contribution < -0.4 is 5.73 Å². The number of fused-ring (bicyclic) bond motifs is 1. The maximum Gasteiger partial charge on any atom is 0.192 e. The lowest BCUT2D eigenvalue weighted by Gasteiger charge is -2.00. The summed E-state index contributed by atoms with van der Waals surface area (Å²) in [6, 6.07) is 6.26. The number of hydrogen-bond donors (Lipinski definition) is 1. The SMILES string of the molecule is Cc1nc2ccc(CCCCCN)cc2o1. The highest BCUT2D eigenvalue weighted by molar-refractivity contribution is 5.73. The van der Waals surface area contributed by atoms with E-state index in [1.54, 1.807) is 0 Å². The maximum absolute atomic E-state index is 5.50. The largest absolute Gasteiger partial charge is 0.441 e. The van der Waals surface area contributed by atoms with Crippen LogP contribution >= 0.6 is 0 Å². The van der Waals surface area contributed by atoms with Gasteiger partial charge in [0.1, 0.15) is 5.52 Å². The normalized spacial score (nSPS) is 11.1. The van der Waals surface area contributed by atoms with E-state index in [2.05, 4.69) is 17.1 Å². The van der Waals surface area contributed by atoms with Gasteiger partial charge < -0.3 is 10.2 Å². The first kappa shape index (κ1) is 11.1. The number of benzene rings is 1. The van der Waals surface area contributed by atoms with Crippen molar-refractivity contribution >= 4 is 11.1 Å². The van der Waals surface area contributed by atoms with Crippen LogP contribution in [0.4, 0.5) is 0 Å². The third kappa shape index (κ3) is 2.61. The number of nitrogens with zero attached hydrogens (tertiary/aromatic N) is 1. The summed E-state index contributed by atoms with van der Waals surface area (Å²) < 4.78 is 5.50. The van der Waals surface area contributed by atoms with E-state index >= 15 is 0 Å². The molecule has 0 bridgehead atoms. The van der Waals surface area contributed by atoms with Gasteiger partial charge in [-0.1, -0.05) is 12.5 Å². The predicted octanol–water partition coefficient (Wildman–Crippen LogP) is 2.81. The Bertz CT molecular complexity index is 462. The molecule has 86 valence electrons. The molecule has 0 amide bonds. The molecule has 1 heterocycles. The molecule has 3 nitrogen and oxygen atoms in total. The second kappa shape index (κ2) is 5.12. The maximum atomic E-state index is 5.50. The van der Waals surface area contributed by atoms with Gasteiger partial charge in [-0.25, -0.2) is 4.98 Å². The molecule has 16 heavy (non-hydrogen) atoms. The van der Waals surface area contributed by atoms with Gasteiger partial charge in [0.25, 0.3) is 0 Å². The third-order valence-corrected chi connectivity index (χ3v) is 2.73. The summed E-state index contributed by atoms with van der Waals surface area (Å²) in [4.78, 5) is 4.28. The highest BCUT2D eigenvalue weighted by Gasteiger charge is 2.02. The summed E-state index contributed by atoms with van der Waals surface area (Å²) in [6.07, 6.45) is 4.60. The molecule has 0 atom stereocenters. The highest BCUT2D eigenvalue weighted by atomic mass is 16.3. The summed E-state index contributed by atoms with van der Waals surface area (Å²) in [5, 5.41) is 0. The Hall–Kier alpha value is -1.35. The molecular formula is C13H18N2O. The molecule has 2 rings (SSSR count). The van der Waals surface area contributed by atoms with Crippen molar-refractivity contribution < 1.29 is 4.42 Å². The van der Waals surface area contributed by atoms with Crippen molar-refractivity contribution in [2.75, 3.05) is 6.54 Å². The summed E-state index contributed by atoms with van der Waals surface area (Å²) in [5.74, 6) is 0.732. The molecule has 2 N–H and O–H groups in total. The lowest BCUT2D eigenvalue weighted by Crippen LogP contribution is -1.98. The van der Waals surface area contributed by atoms with E-state index in [0.29, 0.717) is 0 Å². The average molecular weight is 218 g/mol. The Kier molecular flexibility index (Phi) is 3.57. The molecule has 0 aliphatic carbocycles. The fraction of sp³-hybridized carbons (Fsp3) is 0.462. The summed E-state index contributed by atoms with van der Waals surface area (Å²) >= 11 is 0. The van der Waals surface area contributed by atoms with Crippen LogP contribution in [0.5, 0.6) is 0 Å². The molecule has 0 saturated heterocycles. The lowest BCUT2D eigenvalue weighted by molar-refractivity contribution is 0.560. The molecule has 0 aliphatic rings. The predicted molar refractivity (Wildman–Crippen MR) is 65.4 cm³/mol. The lowest BCUT2D eigenvalue weighted by atomic mass is 10.1. The average Bonchev–Trinajstić information content (AvgIpc) is 2.64. The van der Waals surface area contributed by atoms with Crippen LogP contribution in [0.15, 0.2) is 22.6 Å². The fourth-order valence-corrected chi connectivity index (χ4v) is 1.89. The number of unbranched alkanes of at least 4 members (excludes halogenated alkanes) is 2. The quantitative estimate of drug-likeness (QED) is 0.785. The standard InChI is InChI=1S/C13H18N2O/c1-10-15-12-7-6-11(9-13(12)16-10)5-3-2-4-8-14/h6-7,9H,2-5,8,14H2,1H3. The van der Waals surface area contributed by atoms with Gasteiger partial charge >= 0.3 is 0 Å². The Morgan fingerprint density at radius 2 is 2.12 bits per heavy atom. The highest BCUT2D eigenvalue weighted by Crippen LogP contribution is 2.18. The number of nitrogens with two attached hydrogens (primary N) is 1. The summed E-state index contributed by atoms with van der Waals surface area (Å²) in [6.45, 7) is 2.67. The topological polar surface area (TPSA) is 52.0 Å². The number of rotatable bonds is 5. The van der Waals surface area contributed by atoms with Gasteiger partial charge in [-0.3, -0.25) is 0 Å². The van der Waals surface area contributed by atoms with Crippen LogP contribution in [0.1, 0.15) is 30.7 Å². The zero-order valence-electron chi connectivity index (χ0n) is 9.70. The Labute approximate surface area is 95.7 Å². The molecule has 0 fully saturated rings. The van der Waals surface area contributed by atoms with Gasteiger partial charge in [0.2, 0.25) is 0 Å². The van der Waals surface area contributed by atoms with E-state index in [9.17, 15) is 0 Å². The number of oxazole rings is 1. The van der Waals surface area contributed by atoms with Gasteiger partial charge in [0.05, 0.1) is 0 Å². The van der Waals surface area contributed by atoms with Crippen molar-refractivity contribution in [1.29, 1.82) is 0 Å². The van der Waals surface area contributed by atoms with Gasteiger partial charge in [-0.15, -0.1) is 0 Å². The molecule has 0 unspecified atom stereocenters. The Morgan fingerprint density at radius 1 is 1.25 bits per heavy atom. The first-order valence-electron chi connectivity index (χ1n) is 5.86. The van der Waals surface area contributed by atoms with Gasteiger partial charge in [0, 0.05) is 6.92 Å². The molecule has 2 aromatic rings. The van der Waals surface area contributed by atoms with Crippen molar-refractivity contribution in [1.82, 2.24) is 4.98 Å². The first-order valence-corrected chi connectivity index (χ1v) is 5.86. The van der Waals surface area contributed by atoms with E-state index < -0.39 is 0 Å². The van der Waals surface area contributed by atoms with Crippen LogP contribution in [0.2, 0.25) is 0 Å². The second-order valence-corrected chi connectivity index (χ2v) is 4.13. The molecule has 1 aromatic carbocycles. The summed E-state index contributed by atoms with van der Waals surface area (Å²) in [7, 11) is 0. The van der Waals surface area contributed by atoms with Gasteiger partial charge in [-0.2, -0.15) is 0 Å². The van der Waals surface area contributed by atoms with E-state index in [4.69, 9.17) is 10.2 Å². The number of hydrogen-bond acceptors (Lipinski definition) is 3. The van der Waals surface area contributed by atoms with E-state index in [-0.39, 0.29) is 0 Å². The molecule has 0 aliphatic heterocycles. The van der Waals surface area contributed by atoms with E-state index in [1.165, 1.54) is 18.4 Å². The molecule has 3 heteroatoms. The van der Waals surface area contributed by atoms with E-state index in [1.807, 2.05) is 13.0 Å². The molecular weight excluding hydrogens is 200 g/mol. The minimum Gasteiger partial charge on any atom is -0.441 e. The zero-order chi connectivity index (χ0) is 11.4. The van der Waals surface area contributed by atoms with Crippen LogP contribution in [-0.4, -0.2) is 11.5 Å². The minimum absolute atomic E-state index is 0.732. The van der Waals surface area contributed by atoms with Gasteiger partial charge in [0.15, 0.2) is 11.5 Å². The van der Waals surface area contributed by atoms with Crippen molar-refractivity contribution in [3.63, 3.8) is 0 Å². The zero-order valence-corrected chi connectivity index (χ0v) is 9.70. The van der Waals surface area contributed by atoms with Crippen molar-refractivity contribution in [3.05, 3.63) is 29.7 Å². The fourth-order valence-electron chi connectivity index (χ4n) is 1.89. The monoisotopic (exact) mass is 218 g/mol. The van der Waals surface area contributed by atoms with Crippen molar-refractivity contribution in [2.24, 2.45) is 5.73 Å². The van der Waals surface area contributed by atoms with Crippen LogP contribution in [0, 0.1) is 6.92 Å². The van der Waals surface area contributed by atoms with Crippen molar-refractivity contribution in [3.8, 4) is 0 Å². The smallest absolute Gasteiger partial charge is 0.192 e. The summed E-state index contributed by atoms with van der Waals surface area (Å²) in [5.41, 5.74) is 8.63. The van der Waals surface area contributed by atoms with Crippen LogP contribution in [0.3, 0.4) is 0 Å². The molecule has 0 radical (unpaired) electrons. The Morgan fingerprint density at radius 3 is 2.94 bits per heavy atom. The van der Waals surface area contributed by atoms with Gasteiger partial charge in [-0.05, 0) is 43.5 Å². The number of aryl methyl sites for hydroxylation is 2. The van der Waals surface area contributed by atoms with E-state index in [0.717, 1.165) is 36.4 Å². The minimum atomic E-state index is 0.732. The first-order chi connectivity index (χ1) is 7.79. The van der Waals surface area contributed by atoms with Crippen LogP contribution in [-0.2, 0) is 6.42 Å². The molecule has 0 spiro atoms. The van der Waals surface area contributed by atoms with Crippen LogP contribution in [0.25, 0.3) is 11.1 Å². The second-order valence-electron chi connectivity index (χ2n) is 4.13. The molecule has 0 saturated carbocycles.